The maximum atomic E-state index is 13.0. The minimum Gasteiger partial charge on any atom is -0.357 e. The standard InChI is InChI=1S/C21H25ClN2O2/c1-4-19(21(26)23-3)24(14-17-7-5-6-8-18(17)22)20(25)13-16-11-9-15(2)10-12-16/h5-12,19H,4,13-14H2,1-3H3,(H,23,26)/t19-/m1/s1. The predicted molar refractivity (Wildman–Crippen MR) is 105 cm³/mol. The maximum absolute atomic E-state index is 13.0. The van der Waals surface area contributed by atoms with Crippen LogP contribution in [0.5, 0.6) is 0 Å². The lowest BCUT2D eigenvalue weighted by molar-refractivity contribution is -0.140. The first-order valence-corrected chi connectivity index (χ1v) is 9.14. The second-order valence-electron chi connectivity index (χ2n) is 6.31. The number of amides is 2. The number of aryl methyl sites for hydroxylation is 1. The Morgan fingerprint density at radius 2 is 1.77 bits per heavy atom. The Balaban J connectivity index is 2.29. The molecule has 0 aliphatic heterocycles. The molecule has 1 atom stereocenters. The van der Waals surface area contributed by atoms with Crippen LogP contribution in [0.25, 0.3) is 0 Å². The number of carbonyl (C=O) groups is 2. The number of hydrogen-bond acceptors (Lipinski definition) is 2. The molecule has 0 saturated heterocycles. The van der Waals surface area contributed by atoms with E-state index in [2.05, 4.69) is 5.32 Å². The van der Waals surface area contributed by atoms with Gasteiger partial charge < -0.3 is 10.2 Å². The van der Waals surface area contributed by atoms with Gasteiger partial charge in [0.05, 0.1) is 6.42 Å². The van der Waals surface area contributed by atoms with E-state index in [0.717, 1.165) is 16.7 Å². The Kier molecular flexibility index (Phi) is 7.22. The van der Waals surface area contributed by atoms with Crippen molar-refractivity contribution >= 4 is 23.4 Å². The summed E-state index contributed by atoms with van der Waals surface area (Å²) in [6.45, 7) is 4.21. The van der Waals surface area contributed by atoms with Crippen LogP contribution < -0.4 is 5.32 Å². The average molecular weight is 373 g/mol. The Hall–Kier alpha value is -2.33. The lowest BCUT2D eigenvalue weighted by Crippen LogP contribution is -2.48. The van der Waals surface area contributed by atoms with Crippen LogP contribution in [0, 0.1) is 6.92 Å². The molecule has 0 saturated carbocycles. The Morgan fingerprint density at radius 3 is 2.35 bits per heavy atom. The molecule has 0 radical (unpaired) electrons. The summed E-state index contributed by atoms with van der Waals surface area (Å²) in [6.07, 6.45) is 0.780. The predicted octanol–water partition coefficient (Wildman–Crippen LogP) is 3.74. The molecule has 0 heterocycles. The van der Waals surface area contributed by atoms with Crippen molar-refractivity contribution in [3.63, 3.8) is 0 Å². The van der Waals surface area contributed by atoms with Crippen molar-refractivity contribution in [3.05, 3.63) is 70.2 Å². The molecule has 0 aromatic heterocycles. The third kappa shape index (κ3) is 5.09. The minimum absolute atomic E-state index is 0.0933. The van der Waals surface area contributed by atoms with E-state index in [9.17, 15) is 9.59 Å². The minimum atomic E-state index is -0.533. The largest absolute Gasteiger partial charge is 0.357 e. The lowest BCUT2D eigenvalue weighted by Gasteiger charge is -2.30. The van der Waals surface area contributed by atoms with Gasteiger partial charge in [0, 0.05) is 18.6 Å². The van der Waals surface area contributed by atoms with Gasteiger partial charge in [-0.25, -0.2) is 0 Å². The highest BCUT2D eigenvalue weighted by molar-refractivity contribution is 6.31. The Labute approximate surface area is 160 Å². The van der Waals surface area contributed by atoms with Gasteiger partial charge in [0.1, 0.15) is 6.04 Å². The SMILES string of the molecule is CC[C@H](C(=O)NC)N(Cc1ccccc1Cl)C(=O)Cc1ccc(C)cc1. The van der Waals surface area contributed by atoms with E-state index in [1.807, 2.05) is 56.3 Å². The van der Waals surface area contributed by atoms with E-state index < -0.39 is 6.04 Å². The molecule has 2 aromatic carbocycles. The van der Waals surface area contributed by atoms with Gasteiger partial charge in [-0.2, -0.15) is 0 Å². The zero-order valence-electron chi connectivity index (χ0n) is 15.5. The van der Waals surface area contributed by atoms with Gasteiger partial charge in [0.15, 0.2) is 0 Å². The molecule has 2 rings (SSSR count). The molecule has 4 nitrogen and oxygen atoms in total. The van der Waals surface area contributed by atoms with Gasteiger partial charge >= 0.3 is 0 Å². The van der Waals surface area contributed by atoms with Crippen molar-refractivity contribution in [1.29, 1.82) is 0 Å². The first-order chi connectivity index (χ1) is 12.5. The quantitative estimate of drug-likeness (QED) is 0.804. The number of benzene rings is 2. The third-order valence-corrected chi connectivity index (χ3v) is 4.78. The van der Waals surface area contributed by atoms with E-state index in [4.69, 9.17) is 11.6 Å². The molecule has 0 aliphatic rings. The maximum Gasteiger partial charge on any atom is 0.242 e. The van der Waals surface area contributed by atoms with Crippen molar-refractivity contribution in [2.75, 3.05) is 7.05 Å². The van der Waals surface area contributed by atoms with Crippen LogP contribution in [0.3, 0.4) is 0 Å². The first kappa shape index (κ1) is 20.0. The molecular formula is C21H25ClN2O2. The number of nitrogens with zero attached hydrogens (tertiary/aromatic N) is 1. The number of halogens is 1. The second kappa shape index (κ2) is 9.39. The number of carbonyl (C=O) groups excluding carboxylic acids is 2. The molecule has 0 bridgehead atoms. The van der Waals surface area contributed by atoms with Gasteiger partial charge in [-0.15, -0.1) is 0 Å². The van der Waals surface area contributed by atoms with Gasteiger partial charge in [-0.05, 0) is 30.5 Å². The van der Waals surface area contributed by atoms with E-state index in [1.54, 1.807) is 18.0 Å². The molecule has 26 heavy (non-hydrogen) atoms. The second-order valence-corrected chi connectivity index (χ2v) is 6.72. The monoisotopic (exact) mass is 372 g/mol. The Bertz CT molecular complexity index is 759. The first-order valence-electron chi connectivity index (χ1n) is 8.76. The molecular weight excluding hydrogens is 348 g/mol. The fourth-order valence-corrected chi connectivity index (χ4v) is 3.07. The molecule has 0 spiro atoms. The number of nitrogens with one attached hydrogen (secondary N) is 1. The highest BCUT2D eigenvalue weighted by atomic mass is 35.5. The average Bonchev–Trinajstić information content (AvgIpc) is 2.64. The smallest absolute Gasteiger partial charge is 0.242 e. The van der Waals surface area contributed by atoms with E-state index in [-0.39, 0.29) is 18.2 Å². The van der Waals surface area contributed by atoms with Gasteiger partial charge in [0.25, 0.3) is 0 Å². The lowest BCUT2D eigenvalue weighted by atomic mass is 10.1. The summed E-state index contributed by atoms with van der Waals surface area (Å²) in [6, 6.07) is 14.7. The summed E-state index contributed by atoms with van der Waals surface area (Å²) in [5.41, 5.74) is 2.90. The van der Waals surface area contributed by atoms with Gasteiger partial charge in [-0.3, -0.25) is 9.59 Å². The van der Waals surface area contributed by atoms with Crippen LogP contribution in [-0.2, 0) is 22.6 Å². The molecule has 0 unspecified atom stereocenters. The molecule has 5 heteroatoms. The van der Waals surface area contributed by atoms with E-state index >= 15 is 0 Å². The van der Waals surface area contributed by atoms with E-state index in [0.29, 0.717) is 18.0 Å². The van der Waals surface area contributed by atoms with E-state index in [1.165, 1.54) is 0 Å². The zero-order valence-corrected chi connectivity index (χ0v) is 16.2. The van der Waals surface area contributed by atoms with Crippen LogP contribution in [-0.4, -0.2) is 29.8 Å². The van der Waals surface area contributed by atoms with Crippen molar-refractivity contribution in [3.8, 4) is 0 Å². The number of likely N-dealkylation sites (N-methyl/N-ethyl adjacent to an activating group) is 1. The molecule has 0 fully saturated rings. The molecule has 2 aromatic rings. The van der Waals surface area contributed by atoms with Crippen LogP contribution in [0.1, 0.15) is 30.0 Å². The zero-order chi connectivity index (χ0) is 19.1. The summed E-state index contributed by atoms with van der Waals surface area (Å²) >= 11 is 6.27. The van der Waals surface area contributed by atoms with Crippen LogP contribution in [0.2, 0.25) is 5.02 Å². The summed E-state index contributed by atoms with van der Waals surface area (Å²) in [5.74, 6) is -0.263. The van der Waals surface area contributed by atoms with Crippen molar-refractivity contribution < 1.29 is 9.59 Å². The highest BCUT2D eigenvalue weighted by Gasteiger charge is 2.28. The van der Waals surface area contributed by atoms with Crippen LogP contribution in [0.15, 0.2) is 48.5 Å². The topological polar surface area (TPSA) is 49.4 Å². The van der Waals surface area contributed by atoms with Gasteiger partial charge in [-0.1, -0.05) is 66.6 Å². The molecule has 138 valence electrons. The molecule has 2 amide bonds. The number of rotatable bonds is 7. The summed E-state index contributed by atoms with van der Waals surface area (Å²) in [4.78, 5) is 27.0. The summed E-state index contributed by atoms with van der Waals surface area (Å²) in [7, 11) is 1.59. The highest BCUT2D eigenvalue weighted by Crippen LogP contribution is 2.20. The molecule has 1 N–H and O–H groups in total. The summed E-state index contributed by atoms with van der Waals surface area (Å²) < 4.78 is 0. The summed E-state index contributed by atoms with van der Waals surface area (Å²) in [5, 5.41) is 3.25. The number of hydrogen-bond donors (Lipinski definition) is 1. The Morgan fingerprint density at radius 1 is 1.12 bits per heavy atom. The molecule has 0 aliphatic carbocycles. The van der Waals surface area contributed by atoms with Crippen LogP contribution >= 0.6 is 11.6 Å². The fraction of sp³-hybridized carbons (Fsp3) is 0.333. The fourth-order valence-electron chi connectivity index (χ4n) is 2.88. The van der Waals surface area contributed by atoms with Crippen molar-refractivity contribution in [2.24, 2.45) is 0 Å². The third-order valence-electron chi connectivity index (χ3n) is 4.41. The van der Waals surface area contributed by atoms with Crippen molar-refractivity contribution in [2.45, 2.75) is 39.3 Å². The van der Waals surface area contributed by atoms with Gasteiger partial charge in [0.2, 0.25) is 11.8 Å². The van der Waals surface area contributed by atoms with Crippen LogP contribution in [0.4, 0.5) is 0 Å². The van der Waals surface area contributed by atoms with Crippen molar-refractivity contribution in [1.82, 2.24) is 10.2 Å². The normalized spacial score (nSPS) is 11.7.